The Bertz CT molecular complexity index is 1400. The fourth-order valence-electron chi connectivity index (χ4n) is 4.06. The maximum Gasteiger partial charge on any atom is 0.418 e. The van der Waals surface area contributed by atoms with Gasteiger partial charge in [-0.2, -0.15) is 26.3 Å². The number of nitrogens with zero attached hydrogens (tertiary/aromatic N) is 4. The summed E-state index contributed by atoms with van der Waals surface area (Å²) in [4.78, 5) is 15.3. The van der Waals surface area contributed by atoms with Gasteiger partial charge in [0.2, 0.25) is 0 Å². The minimum Gasteiger partial charge on any atom is -0.340 e. The molecule has 4 rings (SSSR count). The Kier molecular flexibility index (Phi) is 7.86. The molecule has 0 saturated carbocycles. The van der Waals surface area contributed by atoms with Gasteiger partial charge in [0.1, 0.15) is 11.6 Å². The summed E-state index contributed by atoms with van der Waals surface area (Å²) in [7, 11) is 1.96. The molecule has 0 bridgehead atoms. The van der Waals surface area contributed by atoms with E-state index >= 15 is 0 Å². The van der Waals surface area contributed by atoms with Crippen molar-refractivity contribution in [3.63, 3.8) is 0 Å². The van der Waals surface area contributed by atoms with Crippen LogP contribution in [0.5, 0.6) is 0 Å². The molecule has 0 unspecified atom stereocenters. The van der Waals surface area contributed by atoms with E-state index in [0.717, 1.165) is 31.2 Å². The standard InChI is InChI=1S/C27H25F6N5/c1-3-14-38(2)15-12-23-36-22-16-17(24-21(27(31,32)33)5-4-13-34-24)6-11-20(22)25(37-23)35-19-9-7-18(8-10-19)26(28,29)30/h4-11,13,16H,3,12,14-15H2,1-2H3,(H,35,36,37). The molecule has 200 valence electrons. The first-order valence-electron chi connectivity index (χ1n) is 11.9. The van der Waals surface area contributed by atoms with Crippen molar-refractivity contribution in [1.82, 2.24) is 19.9 Å². The highest BCUT2D eigenvalue weighted by molar-refractivity contribution is 5.93. The normalized spacial score (nSPS) is 12.3. The number of halogens is 6. The van der Waals surface area contributed by atoms with Gasteiger partial charge in [-0.15, -0.1) is 0 Å². The van der Waals surface area contributed by atoms with Crippen molar-refractivity contribution in [1.29, 1.82) is 0 Å². The molecule has 0 saturated heterocycles. The Hall–Kier alpha value is -3.73. The maximum atomic E-state index is 13.6. The first-order valence-corrected chi connectivity index (χ1v) is 11.9. The molecule has 0 amide bonds. The van der Waals surface area contributed by atoms with Crippen LogP contribution in [0.4, 0.5) is 37.8 Å². The largest absolute Gasteiger partial charge is 0.418 e. The number of alkyl halides is 6. The van der Waals surface area contributed by atoms with Gasteiger partial charge in [-0.05, 0) is 68.5 Å². The number of fused-ring (bicyclic) bond motifs is 1. The van der Waals surface area contributed by atoms with Crippen LogP contribution in [0.25, 0.3) is 22.2 Å². The van der Waals surface area contributed by atoms with Gasteiger partial charge >= 0.3 is 12.4 Å². The van der Waals surface area contributed by atoms with E-state index < -0.39 is 23.5 Å². The van der Waals surface area contributed by atoms with Crippen LogP contribution in [-0.4, -0.2) is 40.0 Å². The van der Waals surface area contributed by atoms with Gasteiger partial charge in [0, 0.05) is 35.8 Å². The topological polar surface area (TPSA) is 53.9 Å². The zero-order chi connectivity index (χ0) is 27.5. The van der Waals surface area contributed by atoms with Gasteiger partial charge in [-0.3, -0.25) is 4.98 Å². The molecule has 1 N–H and O–H groups in total. The van der Waals surface area contributed by atoms with Gasteiger partial charge in [0.15, 0.2) is 0 Å². The fourth-order valence-corrected chi connectivity index (χ4v) is 4.06. The highest BCUT2D eigenvalue weighted by atomic mass is 19.4. The van der Waals surface area contributed by atoms with Crippen LogP contribution in [0.3, 0.4) is 0 Å². The monoisotopic (exact) mass is 533 g/mol. The first-order chi connectivity index (χ1) is 18.0. The molecule has 11 heteroatoms. The number of nitrogens with one attached hydrogen (secondary N) is 1. The summed E-state index contributed by atoms with van der Waals surface area (Å²) in [6.45, 7) is 3.58. The number of hydrogen-bond donors (Lipinski definition) is 1. The number of benzene rings is 2. The predicted molar refractivity (Wildman–Crippen MR) is 134 cm³/mol. The van der Waals surface area contributed by atoms with E-state index in [-0.39, 0.29) is 11.3 Å². The van der Waals surface area contributed by atoms with Crippen LogP contribution in [0.1, 0.15) is 30.3 Å². The van der Waals surface area contributed by atoms with Gasteiger partial charge in [-0.25, -0.2) is 9.97 Å². The molecule has 2 heterocycles. The van der Waals surface area contributed by atoms with Crippen LogP contribution in [0.15, 0.2) is 60.8 Å². The smallest absolute Gasteiger partial charge is 0.340 e. The second kappa shape index (κ2) is 10.9. The summed E-state index contributed by atoms with van der Waals surface area (Å²) in [6.07, 6.45) is -6.33. The number of rotatable bonds is 8. The minimum atomic E-state index is -4.59. The fraction of sp³-hybridized carbons (Fsp3) is 0.296. The molecular weight excluding hydrogens is 508 g/mol. The molecule has 4 aromatic rings. The molecule has 0 spiro atoms. The van der Waals surface area contributed by atoms with Crippen molar-refractivity contribution in [2.75, 3.05) is 25.5 Å². The quantitative estimate of drug-likeness (QED) is 0.240. The van der Waals surface area contributed by atoms with Crippen molar-refractivity contribution in [3.05, 3.63) is 77.7 Å². The summed E-state index contributed by atoms with van der Waals surface area (Å²) in [5.74, 6) is 0.788. The van der Waals surface area contributed by atoms with E-state index in [0.29, 0.717) is 41.2 Å². The summed E-state index contributed by atoms with van der Waals surface area (Å²) in [6, 6.07) is 11.3. The molecule has 2 aromatic carbocycles. The number of aromatic nitrogens is 3. The Balaban J connectivity index is 1.77. The highest BCUT2D eigenvalue weighted by Crippen LogP contribution is 2.37. The molecular formula is C27H25F6N5. The summed E-state index contributed by atoms with van der Waals surface area (Å²) in [5.41, 5.74) is -0.867. The lowest BCUT2D eigenvalue weighted by atomic mass is 10.0. The van der Waals surface area contributed by atoms with E-state index in [1.165, 1.54) is 36.5 Å². The van der Waals surface area contributed by atoms with Gasteiger partial charge < -0.3 is 10.2 Å². The molecule has 5 nitrogen and oxygen atoms in total. The number of anilines is 2. The minimum absolute atomic E-state index is 0.220. The van der Waals surface area contributed by atoms with Gasteiger partial charge in [0.25, 0.3) is 0 Å². The van der Waals surface area contributed by atoms with E-state index in [4.69, 9.17) is 0 Å². The van der Waals surface area contributed by atoms with Crippen LogP contribution < -0.4 is 5.32 Å². The third kappa shape index (κ3) is 6.39. The molecule has 0 atom stereocenters. The summed E-state index contributed by atoms with van der Waals surface area (Å²) >= 11 is 0. The second-order valence-electron chi connectivity index (χ2n) is 8.87. The SMILES string of the molecule is CCCN(C)CCc1nc(Nc2ccc(C(F)(F)F)cc2)c2ccc(-c3ncccc3C(F)(F)F)cc2n1. The summed E-state index contributed by atoms with van der Waals surface area (Å²) < 4.78 is 79.7. The lowest BCUT2D eigenvalue weighted by Crippen LogP contribution is -2.22. The summed E-state index contributed by atoms with van der Waals surface area (Å²) in [5, 5.41) is 3.55. The Morgan fingerprint density at radius 3 is 2.26 bits per heavy atom. The van der Waals surface area contributed by atoms with Crippen molar-refractivity contribution < 1.29 is 26.3 Å². The van der Waals surface area contributed by atoms with Gasteiger partial charge in [-0.1, -0.05) is 13.0 Å². The molecule has 0 fully saturated rings. The number of hydrogen-bond acceptors (Lipinski definition) is 5. The van der Waals surface area contributed by atoms with E-state index in [1.807, 2.05) is 7.05 Å². The Labute approximate surface area is 215 Å². The maximum absolute atomic E-state index is 13.6. The number of likely N-dealkylation sites (N-methyl/N-ethyl adjacent to an activating group) is 1. The third-order valence-corrected chi connectivity index (χ3v) is 5.93. The molecule has 0 aliphatic rings. The lowest BCUT2D eigenvalue weighted by Gasteiger charge is -2.16. The molecule has 2 aromatic heterocycles. The Morgan fingerprint density at radius 2 is 1.61 bits per heavy atom. The van der Waals surface area contributed by atoms with Crippen molar-refractivity contribution >= 4 is 22.4 Å². The zero-order valence-corrected chi connectivity index (χ0v) is 20.7. The van der Waals surface area contributed by atoms with E-state index in [2.05, 4.69) is 32.1 Å². The van der Waals surface area contributed by atoms with Crippen LogP contribution in [-0.2, 0) is 18.8 Å². The molecule has 0 aliphatic heterocycles. The average molecular weight is 534 g/mol. The van der Waals surface area contributed by atoms with Gasteiger partial charge in [0.05, 0.1) is 22.3 Å². The second-order valence-corrected chi connectivity index (χ2v) is 8.87. The van der Waals surface area contributed by atoms with Crippen LogP contribution in [0.2, 0.25) is 0 Å². The Morgan fingerprint density at radius 1 is 0.868 bits per heavy atom. The lowest BCUT2D eigenvalue weighted by molar-refractivity contribution is -0.138. The zero-order valence-electron chi connectivity index (χ0n) is 20.7. The van der Waals surface area contributed by atoms with E-state index in [9.17, 15) is 26.3 Å². The van der Waals surface area contributed by atoms with Crippen molar-refractivity contribution in [2.45, 2.75) is 32.1 Å². The highest BCUT2D eigenvalue weighted by Gasteiger charge is 2.34. The van der Waals surface area contributed by atoms with E-state index in [1.54, 1.807) is 6.07 Å². The first kappa shape index (κ1) is 27.3. The molecule has 0 aliphatic carbocycles. The molecule has 0 radical (unpaired) electrons. The van der Waals surface area contributed by atoms with Crippen molar-refractivity contribution in [2.24, 2.45) is 0 Å². The molecule has 38 heavy (non-hydrogen) atoms. The van der Waals surface area contributed by atoms with Crippen LogP contribution in [0, 0.1) is 0 Å². The number of pyridine rings is 1. The van der Waals surface area contributed by atoms with Crippen molar-refractivity contribution in [3.8, 4) is 11.3 Å². The predicted octanol–water partition coefficient (Wildman–Crippen LogP) is 7.36. The average Bonchev–Trinajstić information content (AvgIpc) is 2.86. The van der Waals surface area contributed by atoms with Crippen LogP contribution >= 0.6 is 0 Å². The third-order valence-electron chi connectivity index (χ3n) is 5.93.